The Morgan fingerprint density at radius 1 is 0.909 bits per heavy atom. The van der Waals surface area contributed by atoms with E-state index in [2.05, 4.69) is 21.2 Å². The molecule has 0 bridgehead atoms. The second-order valence-electron chi connectivity index (χ2n) is 9.37. The number of halogens is 3. The number of barbiturate groups is 1. The Hall–Kier alpha value is -4.71. The fourth-order valence-electron chi connectivity index (χ4n) is 4.22. The fraction of sp³-hybridized carbons (Fsp3) is 0.0645. The SMILES string of the molecule is O=C1NC(=O)N(c2ccc(OCc3ccc(Cl)cc3Cl)cc2)C(=O)/C1=C/c1cc(Br)ccc1OCc1cccc([N+](=O)[O-])c1. The van der Waals surface area contributed by atoms with Crippen LogP contribution in [0.25, 0.3) is 6.08 Å². The number of imide groups is 2. The van der Waals surface area contributed by atoms with Crippen LogP contribution < -0.4 is 19.7 Å². The molecule has 4 aromatic rings. The van der Waals surface area contributed by atoms with Crippen molar-refractivity contribution in [1.29, 1.82) is 0 Å². The van der Waals surface area contributed by atoms with Gasteiger partial charge in [0, 0.05) is 37.8 Å². The van der Waals surface area contributed by atoms with Gasteiger partial charge >= 0.3 is 6.03 Å². The van der Waals surface area contributed by atoms with E-state index in [-0.39, 0.29) is 30.2 Å². The molecule has 222 valence electrons. The van der Waals surface area contributed by atoms with Crippen molar-refractivity contribution in [2.45, 2.75) is 13.2 Å². The van der Waals surface area contributed by atoms with Crippen LogP contribution in [-0.2, 0) is 22.8 Å². The molecule has 0 unspecified atom stereocenters. The second-order valence-corrected chi connectivity index (χ2v) is 11.1. The summed E-state index contributed by atoms with van der Waals surface area (Å²) in [4.78, 5) is 50.5. The standard InChI is InChI=1S/C31H20BrCl2N3O7/c32-21-5-11-28(44-16-18-2-1-3-24(12-18)37(41)42)20(13-21)14-26-29(38)35-31(40)36(30(26)39)23-7-9-25(10-8-23)43-17-19-4-6-22(33)15-27(19)34/h1-15H,16-17H2,(H,35,38,40)/b26-14+. The van der Waals surface area contributed by atoms with Gasteiger partial charge in [-0.1, -0.05) is 57.3 Å². The highest BCUT2D eigenvalue weighted by Crippen LogP contribution is 2.30. The maximum atomic E-state index is 13.5. The Balaban J connectivity index is 1.35. The molecule has 1 aliphatic heterocycles. The van der Waals surface area contributed by atoms with Gasteiger partial charge in [-0.25, -0.2) is 9.69 Å². The highest BCUT2D eigenvalue weighted by atomic mass is 79.9. The molecule has 0 aliphatic carbocycles. The van der Waals surface area contributed by atoms with Crippen molar-refractivity contribution >= 4 is 74.4 Å². The number of nitrogens with zero attached hydrogens (tertiary/aromatic N) is 2. The smallest absolute Gasteiger partial charge is 0.335 e. The maximum absolute atomic E-state index is 13.5. The second kappa shape index (κ2) is 13.3. The Morgan fingerprint density at radius 3 is 2.41 bits per heavy atom. The molecule has 1 heterocycles. The van der Waals surface area contributed by atoms with Crippen LogP contribution in [0.4, 0.5) is 16.2 Å². The summed E-state index contributed by atoms with van der Waals surface area (Å²) in [6.07, 6.45) is 1.32. The molecular weight excluding hydrogens is 677 g/mol. The lowest BCUT2D eigenvalue weighted by Gasteiger charge is -2.26. The first-order chi connectivity index (χ1) is 21.1. The molecule has 13 heteroatoms. The van der Waals surface area contributed by atoms with Gasteiger partial charge in [-0.05, 0) is 66.2 Å². The van der Waals surface area contributed by atoms with Crippen LogP contribution in [0.1, 0.15) is 16.7 Å². The van der Waals surface area contributed by atoms with Gasteiger partial charge in [0.25, 0.3) is 17.5 Å². The van der Waals surface area contributed by atoms with Crippen LogP contribution in [0, 0.1) is 10.1 Å². The number of carbonyl (C=O) groups excluding carboxylic acids is 3. The molecule has 0 radical (unpaired) electrons. The lowest BCUT2D eigenvalue weighted by molar-refractivity contribution is -0.384. The van der Waals surface area contributed by atoms with Gasteiger partial charge in [-0.3, -0.25) is 25.0 Å². The van der Waals surface area contributed by atoms with E-state index in [1.165, 1.54) is 30.3 Å². The van der Waals surface area contributed by atoms with Gasteiger partial charge in [0.1, 0.15) is 30.3 Å². The molecule has 1 aliphatic rings. The van der Waals surface area contributed by atoms with Crippen molar-refractivity contribution < 1.29 is 28.8 Å². The number of amides is 4. The summed E-state index contributed by atoms with van der Waals surface area (Å²) in [5.74, 6) is -0.958. The Labute approximate surface area is 269 Å². The summed E-state index contributed by atoms with van der Waals surface area (Å²) in [6.45, 7) is 0.154. The van der Waals surface area contributed by atoms with Crippen molar-refractivity contribution in [3.63, 3.8) is 0 Å². The highest BCUT2D eigenvalue weighted by Gasteiger charge is 2.37. The molecule has 5 rings (SSSR count). The molecule has 0 atom stereocenters. The van der Waals surface area contributed by atoms with E-state index in [0.717, 1.165) is 10.5 Å². The third-order valence-corrected chi connectivity index (χ3v) is 7.47. The Morgan fingerprint density at radius 2 is 1.68 bits per heavy atom. The van der Waals surface area contributed by atoms with Crippen molar-refractivity contribution in [2.24, 2.45) is 0 Å². The van der Waals surface area contributed by atoms with Gasteiger partial charge in [0.15, 0.2) is 0 Å². The molecule has 1 saturated heterocycles. The molecule has 0 spiro atoms. The monoisotopic (exact) mass is 695 g/mol. The number of hydrogen-bond acceptors (Lipinski definition) is 7. The van der Waals surface area contributed by atoms with Crippen LogP contribution in [-0.4, -0.2) is 22.8 Å². The van der Waals surface area contributed by atoms with Crippen molar-refractivity contribution in [2.75, 3.05) is 4.90 Å². The van der Waals surface area contributed by atoms with E-state index < -0.39 is 22.8 Å². The van der Waals surface area contributed by atoms with E-state index in [1.54, 1.807) is 60.7 Å². The first-order valence-corrected chi connectivity index (χ1v) is 14.4. The van der Waals surface area contributed by atoms with E-state index in [9.17, 15) is 24.5 Å². The van der Waals surface area contributed by atoms with Crippen molar-refractivity contribution in [3.8, 4) is 11.5 Å². The predicted octanol–water partition coefficient (Wildman–Crippen LogP) is 7.49. The molecule has 4 amide bonds. The number of hydrogen-bond donors (Lipinski definition) is 1. The molecule has 10 nitrogen and oxygen atoms in total. The minimum absolute atomic E-state index is 0.0110. The Kier molecular flexibility index (Phi) is 9.29. The zero-order chi connectivity index (χ0) is 31.4. The number of nitrogens with one attached hydrogen (secondary N) is 1. The average molecular weight is 697 g/mol. The zero-order valence-electron chi connectivity index (χ0n) is 22.5. The number of urea groups is 1. The van der Waals surface area contributed by atoms with Gasteiger partial charge in [-0.2, -0.15) is 0 Å². The lowest BCUT2D eigenvalue weighted by Crippen LogP contribution is -2.54. The molecular formula is C31H20BrCl2N3O7. The number of benzene rings is 4. The third-order valence-electron chi connectivity index (χ3n) is 6.39. The van der Waals surface area contributed by atoms with E-state index in [0.29, 0.717) is 37.1 Å². The molecule has 1 N–H and O–H groups in total. The minimum atomic E-state index is -0.907. The molecule has 44 heavy (non-hydrogen) atoms. The van der Waals surface area contributed by atoms with Crippen molar-refractivity contribution in [3.05, 3.63) is 132 Å². The first kappa shape index (κ1) is 30.7. The summed E-state index contributed by atoms with van der Waals surface area (Å²) in [7, 11) is 0. The number of nitro benzene ring substituents is 1. The normalized spacial score (nSPS) is 14.0. The summed E-state index contributed by atoms with van der Waals surface area (Å²) < 4.78 is 12.3. The molecule has 0 aromatic heterocycles. The molecule has 0 saturated carbocycles. The van der Waals surface area contributed by atoms with Crippen LogP contribution >= 0.6 is 39.1 Å². The molecule has 4 aromatic carbocycles. The minimum Gasteiger partial charge on any atom is -0.489 e. The number of anilines is 1. The maximum Gasteiger partial charge on any atom is 0.335 e. The lowest BCUT2D eigenvalue weighted by atomic mass is 10.1. The van der Waals surface area contributed by atoms with Gasteiger partial charge < -0.3 is 9.47 Å². The number of carbonyl (C=O) groups is 3. The number of ether oxygens (including phenoxy) is 2. The third kappa shape index (κ3) is 7.08. The summed E-state index contributed by atoms with van der Waals surface area (Å²) in [5, 5.41) is 14.3. The van der Waals surface area contributed by atoms with E-state index >= 15 is 0 Å². The largest absolute Gasteiger partial charge is 0.489 e. The van der Waals surface area contributed by atoms with E-state index in [1.807, 2.05) is 0 Å². The number of non-ortho nitro benzene ring substituents is 1. The fourth-order valence-corrected chi connectivity index (χ4v) is 5.07. The van der Waals surface area contributed by atoms with Gasteiger partial charge in [-0.15, -0.1) is 0 Å². The number of nitro groups is 1. The average Bonchev–Trinajstić information content (AvgIpc) is 2.99. The highest BCUT2D eigenvalue weighted by molar-refractivity contribution is 9.10. The molecule has 1 fully saturated rings. The summed E-state index contributed by atoms with van der Waals surface area (Å²) in [6, 6.07) is 21.3. The van der Waals surface area contributed by atoms with Crippen LogP contribution in [0.15, 0.2) is 95.0 Å². The van der Waals surface area contributed by atoms with Gasteiger partial charge in [0.05, 0.1) is 10.6 Å². The first-order valence-electron chi connectivity index (χ1n) is 12.8. The van der Waals surface area contributed by atoms with Crippen LogP contribution in [0.2, 0.25) is 10.0 Å². The zero-order valence-corrected chi connectivity index (χ0v) is 25.6. The van der Waals surface area contributed by atoms with Gasteiger partial charge in [0.2, 0.25) is 0 Å². The summed E-state index contributed by atoms with van der Waals surface area (Å²) in [5.41, 5.74) is 1.46. The predicted molar refractivity (Wildman–Crippen MR) is 168 cm³/mol. The Bertz CT molecular complexity index is 1830. The summed E-state index contributed by atoms with van der Waals surface area (Å²) >= 11 is 15.5. The van der Waals surface area contributed by atoms with Crippen molar-refractivity contribution in [1.82, 2.24) is 5.32 Å². The van der Waals surface area contributed by atoms with Crippen LogP contribution in [0.5, 0.6) is 11.5 Å². The topological polar surface area (TPSA) is 128 Å². The number of rotatable bonds is 9. The van der Waals surface area contributed by atoms with E-state index in [4.69, 9.17) is 32.7 Å². The quantitative estimate of drug-likeness (QED) is 0.0831. The van der Waals surface area contributed by atoms with Crippen LogP contribution in [0.3, 0.4) is 0 Å².